The van der Waals surface area contributed by atoms with E-state index < -0.39 is 0 Å². The standard InChI is InChI=1S/C24H24N4O3S/c1-30-22-11-16(8-9-21(22)31-13-18-14-32-15-25-18)24(29)28-10-4-5-17(12-28)23-26-19-6-2-3-7-20(19)27-23/h2-3,6-9,11,14-15,17H,4-5,10,12-13H2,1H3,(H,26,27). The highest BCUT2D eigenvalue weighted by Gasteiger charge is 2.28. The number of likely N-dealkylation sites (tertiary alicyclic amines) is 1. The number of aromatic amines is 1. The number of imidazole rings is 1. The molecular weight excluding hydrogens is 424 g/mol. The van der Waals surface area contributed by atoms with Crippen molar-refractivity contribution in [2.75, 3.05) is 20.2 Å². The lowest BCUT2D eigenvalue weighted by molar-refractivity contribution is 0.0704. The molecule has 1 aliphatic heterocycles. The number of nitrogens with one attached hydrogen (secondary N) is 1. The van der Waals surface area contributed by atoms with Crippen molar-refractivity contribution in [2.45, 2.75) is 25.4 Å². The van der Waals surface area contributed by atoms with E-state index in [4.69, 9.17) is 14.5 Å². The highest BCUT2D eigenvalue weighted by atomic mass is 32.1. The summed E-state index contributed by atoms with van der Waals surface area (Å²) in [7, 11) is 1.58. The molecule has 1 aliphatic rings. The van der Waals surface area contributed by atoms with Gasteiger partial charge in [0.15, 0.2) is 11.5 Å². The second kappa shape index (κ2) is 9.00. The number of hydrogen-bond acceptors (Lipinski definition) is 6. The first kappa shape index (κ1) is 20.5. The Morgan fingerprint density at radius 2 is 2.16 bits per heavy atom. The Hall–Kier alpha value is -3.39. The molecule has 0 spiro atoms. The van der Waals surface area contributed by atoms with Crippen LogP contribution in [0.25, 0.3) is 11.0 Å². The summed E-state index contributed by atoms with van der Waals surface area (Å²) in [6.07, 6.45) is 1.95. The number of nitrogens with zero attached hydrogens (tertiary/aromatic N) is 3. The van der Waals surface area contributed by atoms with Crippen LogP contribution in [0.1, 0.15) is 40.6 Å². The number of carbonyl (C=O) groups excluding carboxylic acids is 1. The first-order valence-corrected chi connectivity index (χ1v) is 11.6. The summed E-state index contributed by atoms with van der Waals surface area (Å²) in [6, 6.07) is 13.4. The molecule has 1 saturated heterocycles. The zero-order chi connectivity index (χ0) is 21.9. The molecule has 1 amide bonds. The second-order valence-electron chi connectivity index (χ2n) is 7.86. The molecule has 8 heteroatoms. The zero-order valence-electron chi connectivity index (χ0n) is 17.8. The fourth-order valence-corrected chi connectivity index (χ4v) is 4.66. The number of amides is 1. The van der Waals surface area contributed by atoms with Gasteiger partial charge >= 0.3 is 0 Å². The molecule has 2 aromatic heterocycles. The van der Waals surface area contributed by atoms with E-state index in [1.807, 2.05) is 34.5 Å². The van der Waals surface area contributed by atoms with Crippen molar-refractivity contribution < 1.29 is 14.3 Å². The zero-order valence-corrected chi connectivity index (χ0v) is 18.6. The molecule has 0 bridgehead atoms. The van der Waals surface area contributed by atoms with E-state index in [9.17, 15) is 4.79 Å². The first-order valence-electron chi connectivity index (χ1n) is 10.6. The number of hydrogen-bond donors (Lipinski definition) is 1. The van der Waals surface area contributed by atoms with Crippen LogP contribution in [0.3, 0.4) is 0 Å². The summed E-state index contributed by atoms with van der Waals surface area (Å²) in [5, 5.41) is 1.94. The normalized spacial score (nSPS) is 16.3. The molecule has 0 aliphatic carbocycles. The maximum atomic E-state index is 13.3. The van der Waals surface area contributed by atoms with E-state index in [1.165, 1.54) is 11.3 Å². The number of aromatic nitrogens is 3. The number of benzene rings is 2. The molecule has 164 valence electrons. The third kappa shape index (κ3) is 4.18. The number of para-hydroxylation sites is 2. The van der Waals surface area contributed by atoms with Gasteiger partial charge in [-0.3, -0.25) is 4.79 Å². The Balaban J connectivity index is 1.30. The van der Waals surface area contributed by atoms with Gasteiger partial charge < -0.3 is 19.4 Å². The molecule has 0 radical (unpaired) electrons. The monoisotopic (exact) mass is 448 g/mol. The lowest BCUT2D eigenvalue weighted by atomic mass is 9.96. The number of rotatable bonds is 6. The topological polar surface area (TPSA) is 80.3 Å². The minimum absolute atomic E-state index is 0.00448. The van der Waals surface area contributed by atoms with Crippen LogP contribution in [0.5, 0.6) is 11.5 Å². The number of methoxy groups -OCH3 is 1. The number of piperidine rings is 1. The highest BCUT2D eigenvalue weighted by Crippen LogP contribution is 2.31. The van der Waals surface area contributed by atoms with Crippen LogP contribution in [0, 0.1) is 0 Å². The van der Waals surface area contributed by atoms with Gasteiger partial charge in [-0.2, -0.15) is 0 Å². The van der Waals surface area contributed by atoms with E-state index in [2.05, 4.69) is 9.97 Å². The van der Waals surface area contributed by atoms with Crippen molar-refractivity contribution in [1.82, 2.24) is 19.9 Å². The Bertz CT molecular complexity index is 1190. The SMILES string of the molecule is COc1cc(C(=O)N2CCCC(c3nc4ccccc4[nH]3)C2)ccc1OCc1cscn1. The average molecular weight is 449 g/mol. The van der Waals surface area contributed by atoms with Crippen molar-refractivity contribution in [3.8, 4) is 11.5 Å². The van der Waals surface area contributed by atoms with E-state index in [1.54, 1.807) is 30.8 Å². The van der Waals surface area contributed by atoms with Gasteiger partial charge in [-0.1, -0.05) is 12.1 Å². The molecule has 0 saturated carbocycles. The number of ether oxygens (including phenoxy) is 2. The van der Waals surface area contributed by atoms with Gasteiger partial charge in [-0.25, -0.2) is 9.97 Å². The molecule has 1 unspecified atom stereocenters. The number of thiazole rings is 1. The van der Waals surface area contributed by atoms with E-state index in [-0.39, 0.29) is 11.8 Å². The van der Waals surface area contributed by atoms with Crippen molar-refractivity contribution in [2.24, 2.45) is 0 Å². The third-order valence-corrected chi connectivity index (χ3v) is 6.41. The first-order chi connectivity index (χ1) is 15.7. The molecule has 1 atom stereocenters. The van der Waals surface area contributed by atoms with Gasteiger partial charge in [0, 0.05) is 30.0 Å². The van der Waals surface area contributed by atoms with Crippen LogP contribution in [0.15, 0.2) is 53.4 Å². The average Bonchev–Trinajstić information content (AvgIpc) is 3.52. The van der Waals surface area contributed by atoms with Gasteiger partial charge in [0.1, 0.15) is 12.4 Å². The summed E-state index contributed by atoms with van der Waals surface area (Å²) >= 11 is 1.53. The van der Waals surface area contributed by atoms with Gasteiger partial charge in [0.25, 0.3) is 5.91 Å². The summed E-state index contributed by atoms with van der Waals surface area (Å²) in [5.41, 5.74) is 5.22. The summed E-state index contributed by atoms with van der Waals surface area (Å²) < 4.78 is 11.3. The van der Waals surface area contributed by atoms with Crippen molar-refractivity contribution in [3.63, 3.8) is 0 Å². The van der Waals surface area contributed by atoms with Crippen LogP contribution in [0.4, 0.5) is 0 Å². The van der Waals surface area contributed by atoms with Gasteiger partial charge in [-0.15, -0.1) is 11.3 Å². The summed E-state index contributed by atoms with van der Waals surface area (Å²) in [6.45, 7) is 1.74. The van der Waals surface area contributed by atoms with Crippen LogP contribution < -0.4 is 9.47 Å². The molecule has 5 rings (SSSR count). The van der Waals surface area contributed by atoms with Crippen molar-refractivity contribution in [3.05, 3.63) is 70.4 Å². The van der Waals surface area contributed by atoms with Crippen molar-refractivity contribution >= 4 is 28.3 Å². The van der Waals surface area contributed by atoms with Crippen LogP contribution in [-0.2, 0) is 6.61 Å². The Labute approximate surface area is 190 Å². The molecule has 1 N–H and O–H groups in total. The summed E-state index contributed by atoms with van der Waals surface area (Å²) in [4.78, 5) is 27.6. The number of carbonyl (C=O) groups is 1. The van der Waals surface area contributed by atoms with Crippen molar-refractivity contribution in [1.29, 1.82) is 0 Å². The molecule has 3 heterocycles. The maximum Gasteiger partial charge on any atom is 0.254 e. The number of fused-ring (bicyclic) bond motifs is 1. The predicted octanol–water partition coefficient (Wildman–Crippen LogP) is 4.63. The largest absolute Gasteiger partial charge is 0.493 e. The van der Waals surface area contributed by atoms with Gasteiger partial charge in [0.2, 0.25) is 0 Å². The van der Waals surface area contributed by atoms with Crippen LogP contribution >= 0.6 is 11.3 Å². The Morgan fingerprint density at radius 1 is 1.25 bits per heavy atom. The lowest BCUT2D eigenvalue weighted by Gasteiger charge is -2.32. The van der Waals surface area contributed by atoms with E-state index >= 15 is 0 Å². The lowest BCUT2D eigenvalue weighted by Crippen LogP contribution is -2.39. The van der Waals surface area contributed by atoms with Crippen LogP contribution in [0.2, 0.25) is 0 Å². The maximum absolute atomic E-state index is 13.3. The van der Waals surface area contributed by atoms with Crippen LogP contribution in [-0.4, -0.2) is 46.0 Å². The van der Waals surface area contributed by atoms with Gasteiger partial charge in [0.05, 0.1) is 29.3 Å². The molecule has 1 fully saturated rings. The Kier molecular flexibility index (Phi) is 5.77. The molecule has 7 nitrogen and oxygen atoms in total. The highest BCUT2D eigenvalue weighted by molar-refractivity contribution is 7.07. The quantitative estimate of drug-likeness (QED) is 0.465. The predicted molar refractivity (Wildman–Crippen MR) is 123 cm³/mol. The van der Waals surface area contributed by atoms with E-state index in [0.717, 1.165) is 41.9 Å². The smallest absolute Gasteiger partial charge is 0.254 e. The molecule has 32 heavy (non-hydrogen) atoms. The van der Waals surface area contributed by atoms with E-state index in [0.29, 0.717) is 30.2 Å². The minimum Gasteiger partial charge on any atom is -0.493 e. The fourth-order valence-electron chi connectivity index (χ4n) is 4.11. The number of H-pyrrole nitrogens is 1. The second-order valence-corrected chi connectivity index (χ2v) is 8.58. The summed E-state index contributed by atoms with van der Waals surface area (Å²) in [5.74, 6) is 2.28. The molecule has 2 aromatic carbocycles. The fraction of sp³-hybridized carbons (Fsp3) is 0.292. The minimum atomic E-state index is -0.00448. The molecule has 4 aromatic rings. The Morgan fingerprint density at radius 3 is 2.97 bits per heavy atom. The van der Waals surface area contributed by atoms with Gasteiger partial charge in [-0.05, 0) is 43.2 Å². The third-order valence-electron chi connectivity index (χ3n) is 5.77. The molecular formula is C24H24N4O3S.